The van der Waals surface area contributed by atoms with E-state index >= 15 is 0 Å². The highest BCUT2D eigenvalue weighted by Crippen LogP contribution is 2.20. The maximum absolute atomic E-state index is 12.6. The van der Waals surface area contributed by atoms with Gasteiger partial charge in [-0.3, -0.25) is 9.48 Å². The van der Waals surface area contributed by atoms with Gasteiger partial charge in [0.25, 0.3) is 5.91 Å². The number of unbranched alkanes of at least 4 members (excludes halogenated alkanes) is 1. The highest BCUT2D eigenvalue weighted by atomic mass is 32.1. The van der Waals surface area contributed by atoms with E-state index in [1.807, 2.05) is 11.5 Å². The molecule has 3 aromatic rings. The van der Waals surface area contributed by atoms with Crippen molar-refractivity contribution in [2.45, 2.75) is 46.2 Å². The molecule has 0 radical (unpaired) electrons. The molecule has 0 N–H and O–H groups in total. The van der Waals surface area contributed by atoms with E-state index in [9.17, 15) is 4.79 Å². The fourth-order valence-electron chi connectivity index (χ4n) is 2.89. The molecule has 1 aromatic carbocycles. The van der Waals surface area contributed by atoms with Gasteiger partial charge in [0.15, 0.2) is 4.80 Å². The van der Waals surface area contributed by atoms with Crippen molar-refractivity contribution in [1.29, 1.82) is 0 Å². The maximum Gasteiger partial charge on any atom is 0.297 e. The number of rotatable bonds is 6. The van der Waals surface area contributed by atoms with Gasteiger partial charge in [-0.15, -0.1) is 6.42 Å². The topological polar surface area (TPSA) is 52.2 Å². The molecule has 1 amide bonds. The minimum Gasteiger partial charge on any atom is -0.305 e. The zero-order valence-corrected chi connectivity index (χ0v) is 15.9. The molecule has 0 unspecified atom stereocenters. The Morgan fingerprint density at radius 3 is 2.92 bits per heavy atom. The van der Waals surface area contributed by atoms with Crippen LogP contribution in [0.2, 0.25) is 0 Å². The minimum atomic E-state index is -0.298. The Kier molecular flexibility index (Phi) is 5.69. The first kappa shape index (κ1) is 18.2. The highest BCUT2D eigenvalue weighted by Gasteiger charge is 2.12. The monoisotopic (exact) mass is 366 g/mol. The minimum absolute atomic E-state index is 0.298. The van der Waals surface area contributed by atoms with Crippen LogP contribution < -0.4 is 4.80 Å². The van der Waals surface area contributed by atoms with Crippen molar-refractivity contribution in [1.82, 2.24) is 14.3 Å². The quantitative estimate of drug-likeness (QED) is 0.626. The molecule has 3 rings (SSSR count). The van der Waals surface area contributed by atoms with Crippen molar-refractivity contribution in [3.8, 4) is 12.3 Å². The number of carbonyl (C=O) groups excluding carboxylic acids is 1. The van der Waals surface area contributed by atoms with E-state index in [-0.39, 0.29) is 5.91 Å². The molecule has 6 heteroatoms. The summed E-state index contributed by atoms with van der Waals surface area (Å²) in [6, 6.07) is 8.09. The molecule has 134 valence electrons. The van der Waals surface area contributed by atoms with Gasteiger partial charge in [-0.1, -0.05) is 36.7 Å². The molecule has 0 atom stereocenters. The van der Waals surface area contributed by atoms with Crippen LogP contribution in [0.15, 0.2) is 35.5 Å². The van der Waals surface area contributed by atoms with Gasteiger partial charge in [0, 0.05) is 12.7 Å². The summed E-state index contributed by atoms with van der Waals surface area (Å²) in [4.78, 5) is 17.6. The molecule has 26 heavy (non-hydrogen) atoms. The summed E-state index contributed by atoms with van der Waals surface area (Å²) in [5, 5.41) is 4.14. The standard InChI is InChI=1S/C20H22N4OS/c1-4-7-8-15-9-10-16-18(14-15)26-20(23(16)13-5-2)22-19(25)17-11-12-21-24(17)6-3/h2,9-12,14H,4,6-8,13H2,1,3H3. The Bertz CT molecular complexity index is 1030. The van der Waals surface area contributed by atoms with Gasteiger partial charge < -0.3 is 4.57 Å². The SMILES string of the molecule is C#CCn1c(=NC(=O)c2ccnn2CC)sc2cc(CCCC)ccc21. The van der Waals surface area contributed by atoms with Gasteiger partial charge in [0.05, 0.1) is 16.8 Å². The first-order chi connectivity index (χ1) is 12.7. The van der Waals surface area contributed by atoms with E-state index in [2.05, 4.69) is 41.1 Å². The van der Waals surface area contributed by atoms with Crippen LogP contribution in [-0.4, -0.2) is 20.3 Å². The molecule has 0 spiro atoms. The van der Waals surface area contributed by atoms with Crippen LogP contribution in [0.5, 0.6) is 0 Å². The Hall–Kier alpha value is -2.65. The van der Waals surface area contributed by atoms with Crippen molar-refractivity contribution >= 4 is 27.5 Å². The third kappa shape index (κ3) is 3.63. The number of benzene rings is 1. The van der Waals surface area contributed by atoms with E-state index in [4.69, 9.17) is 6.42 Å². The van der Waals surface area contributed by atoms with E-state index in [0.717, 1.165) is 23.1 Å². The zero-order chi connectivity index (χ0) is 18.5. The van der Waals surface area contributed by atoms with E-state index in [1.165, 1.54) is 23.3 Å². The van der Waals surface area contributed by atoms with Crippen LogP contribution in [0.3, 0.4) is 0 Å². The third-order valence-electron chi connectivity index (χ3n) is 4.25. The summed E-state index contributed by atoms with van der Waals surface area (Å²) in [6.45, 7) is 5.14. The number of hydrogen-bond donors (Lipinski definition) is 0. The second-order valence-electron chi connectivity index (χ2n) is 6.03. The largest absolute Gasteiger partial charge is 0.305 e. The van der Waals surface area contributed by atoms with Gasteiger partial charge in [-0.2, -0.15) is 10.1 Å². The second-order valence-corrected chi connectivity index (χ2v) is 7.04. The number of aromatic nitrogens is 3. The molecule has 2 heterocycles. The average Bonchev–Trinajstić information content (AvgIpc) is 3.25. The number of hydrogen-bond acceptors (Lipinski definition) is 3. The van der Waals surface area contributed by atoms with Crippen molar-refractivity contribution in [3.05, 3.63) is 46.5 Å². The van der Waals surface area contributed by atoms with E-state index in [0.29, 0.717) is 23.6 Å². The van der Waals surface area contributed by atoms with E-state index < -0.39 is 0 Å². The molecule has 0 aliphatic heterocycles. The van der Waals surface area contributed by atoms with Crippen molar-refractivity contribution < 1.29 is 4.79 Å². The summed E-state index contributed by atoms with van der Waals surface area (Å²) in [7, 11) is 0. The molecular formula is C20H22N4OS. The first-order valence-electron chi connectivity index (χ1n) is 8.84. The molecule has 2 aromatic heterocycles. The van der Waals surface area contributed by atoms with Crippen LogP contribution in [0.1, 0.15) is 42.7 Å². The van der Waals surface area contributed by atoms with Gasteiger partial charge in [0.1, 0.15) is 5.69 Å². The summed E-state index contributed by atoms with van der Waals surface area (Å²) in [5.41, 5.74) is 2.81. The first-order valence-corrected chi connectivity index (χ1v) is 9.66. The van der Waals surface area contributed by atoms with E-state index in [1.54, 1.807) is 16.9 Å². The lowest BCUT2D eigenvalue weighted by atomic mass is 10.1. The molecule has 0 saturated carbocycles. The number of carbonyl (C=O) groups is 1. The fraction of sp³-hybridized carbons (Fsp3) is 0.350. The molecule has 5 nitrogen and oxygen atoms in total. The normalized spacial score (nSPS) is 11.8. The molecular weight excluding hydrogens is 344 g/mol. The van der Waals surface area contributed by atoms with Crippen LogP contribution in [0.25, 0.3) is 10.2 Å². The fourth-order valence-corrected chi connectivity index (χ4v) is 3.99. The summed E-state index contributed by atoms with van der Waals surface area (Å²) >= 11 is 1.50. The molecule has 0 aliphatic carbocycles. The third-order valence-corrected chi connectivity index (χ3v) is 5.29. The summed E-state index contributed by atoms with van der Waals surface area (Å²) in [5.74, 6) is 2.36. The lowest BCUT2D eigenvalue weighted by Crippen LogP contribution is -2.18. The number of terminal acetylenes is 1. The Labute approximate surface area is 157 Å². The van der Waals surface area contributed by atoms with Gasteiger partial charge in [-0.25, -0.2) is 0 Å². The predicted molar refractivity (Wildman–Crippen MR) is 105 cm³/mol. The maximum atomic E-state index is 12.6. The van der Waals surface area contributed by atoms with Crippen molar-refractivity contribution in [3.63, 3.8) is 0 Å². The van der Waals surface area contributed by atoms with Gasteiger partial charge in [-0.05, 0) is 43.5 Å². The summed E-state index contributed by atoms with van der Waals surface area (Å²) < 4.78 is 4.67. The smallest absolute Gasteiger partial charge is 0.297 e. The Balaban J connectivity index is 2.07. The number of amides is 1. The lowest BCUT2D eigenvalue weighted by molar-refractivity contribution is 0.0987. The van der Waals surface area contributed by atoms with Crippen LogP contribution in [0, 0.1) is 12.3 Å². The zero-order valence-electron chi connectivity index (χ0n) is 15.1. The van der Waals surface area contributed by atoms with Crippen molar-refractivity contribution in [2.24, 2.45) is 4.99 Å². The number of nitrogens with zero attached hydrogens (tertiary/aromatic N) is 4. The highest BCUT2D eigenvalue weighted by molar-refractivity contribution is 7.16. The average molecular weight is 366 g/mol. The Morgan fingerprint density at radius 2 is 2.19 bits per heavy atom. The number of aryl methyl sites for hydroxylation is 2. The Morgan fingerprint density at radius 1 is 1.35 bits per heavy atom. The van der Waals surface area contributed by atoms with Gasteiger partial charge in [0.2, 0.25) is 0 Å². The molecule has 0 aliphatic rings. The second kappa shape index (κ2) is 8.15. The van der Waals surface area contributed by atoms with Gasteiger partial charge >= 0.3 is 0 Å². The van der Waals surface area contributed by atoms with Crippen LogP contribution in [0.4, 0.5) is 0 Å². The number of thiazole rings is 1. The molecule has 0 saturated heterocycles. The summed E-state index contributed by atoms with van der Waals surface area (Å²) in [6.07, 6.45) is 10.5. The van der Waals surface area contributed by atoms with Crippen molar-refractivity contribution in [2.75, 3.05) is 0 Å². The lowest BCUT2D eigenvalue weighted by Gasteiger charge is -2.02. The predicted octanol–water partition coefficient (Wildman–Crippen LogP) is 3.64. The molecule has 0 fully saturated rings. The van der Waals surface area contributed by atoms with Crippen LogP contribution in [-0.2, 0) is 19.5 Å². The molecule has 0 bridgehead atoms. The van der Waals surface area contributed by atoms with Crippen LogP contribution >= 0.6 is 11.3 Å². The number of fused-ring (bicyclic) bond motifs is 1.